The van der Waals surface area contributed by atoms with Crippen molar-refractivity contribution in [2.24, 2.45) is 11.8 Å². The third-order valence-electron chi connectivity index (χ3n) is 6.74. The van der Waals surface area contributed by atoms with Crippen molar-refractivity contribution >= 4 is 37.4 Å². The summed E-state index contributed by atoms with van der Waals surface area (Å²) >= 11 is 0. The molecule has 4 nitrogen and oxygen atoms in total. The quantitative estimate of drug-likeness (QED) is 0.493. The van der Waals surface area contributed by atoms with Gasteiger partial charge in [0.2, 0.25) is 0 Å². The number of aromatic nitrogens is 1. The number of ketones is 1. The van der Waals surface area contributed by atoms with Crippen LogP contribution in [0.3, 0.4) is 0 Å². The Morgan fingerprint density at radius 2 is 1.42 bits per heavy atom. The number of pyridine rings is 1. The number of carbonyl (C=O) groups excluding carboxylic acids is 1. The number of benzene rings is 2. The summed E-state index contributed by atoms with van der Waals surface area (Å²) in [5, 5.41) is 2.08. The molecule has 2 aromatic carbocycles. The van der Waals surface area contributed by atoms with E-state index in [-0.39, 0.29) is 23.4 Å². The highest BCUT2D eigenvalue weighted by molar-refractivity contribution is 7.92. The zero-order valence-corrected chi connectivity index (χ0v) is 19.4. The maximum atomic E-state index is 13.3. The third kappa shape index (κ3) is 4.52. The van der Waals surface area contributed by atoms with E-state index in [1.807, 2.05) is 48.5 Å². The predicted molar refractivity (Wildman–Crippen MR) is 127 cm³/mol. The Morgan fingerprint density at radius 3 is 1.94 bits per heavy atom. The summed E-state index contributed by atoms with van der Waals surface area (Å²) in [5.74, 6) is 0.672. The van der Waals surface area contributed by atoms with Gasteiger partial charge in [-0.3, -0.25) is 4.79 Å². The fourth-order valence-corrected chi connectivity index (χ4v) is 6.10. The molecule has 0 saturated heterocycles. The summed E-state index contributed by atoms with van der Waals surface area (Å²) in [5.41, 5.74) is 2.89. The number of rotatable bonds is 5. The van der Waals surface area contributed by atoms with Gasteiger partial charge in [0.25, 0.3) is 0 Å². The number of hydrogen-bond donors (Lipinski definition) is 0. The summed E-state index contributed by atoms with van der Waals surface area (Å²) in [4.78, 5) is 18.0. The first-order valence-electron chi connectivity index (χ1n) is 11.2. The van der Waals surface area contributed by atoms with Crippen LogP contribution in [0.4, 0.5) is 0 Å². The molecule has 31 heavy (non-hydrogen) atoms. The first-order chi connectivity index (χ1) is 14.7. The van der Waals surface area contributed by atoms with Crippen LogP contribution < -0.4 is 0 Å². The minimum atomic E-state index is -3.12. The van der Waals surface area contributed by atoms with E-state index in [1.165, 1.54) is 0 Å². The molecule has 0 aliphatic heterocycles. The fourth-order valence-electron chi connectivity index (χ4n) is 4.65. The number of nitrogens with zero attached hydrogens (tertiary/aromatic N) is 1. The van der Waals surface area contributed by atoms with Crippen molar-refractivity contribution in [3.05, 3.63) is 54.1 Å². The summed E-state index contributed by atoms with van der Waals surface area (Å²) in [6, 6.07) is 16.0. The van der Waals surface area contributed by atoms with E-state index in [4.69, 9.17) is 4.98 Å². The van der Waals surface area contributed by atoms with E-state index in [0.29, 0.717) is 6.42 Å². The van der Waals surface area contributed by atoms with Gasteiger partial charge in [0, 0.05) is 23.1 Å². The van der Waals surface area contributed by atoms with Crippen molar-refractivity contribution in [2.75, 3.05) is 5.75 Å². The molecule has 1 fully saturated rings. The smallest absolute Gasteiger partial charge is 0.155 e. The molecule has 1 aliphatic rings. The van der Waals surface area contributed by atoms with Crippen molar-refractivity contribution < 1.29 is 13.2 Å². The van der Waals surface area contributed by atoms with Gasteiger partial charge >= 0.3 is 0 Å². The molecule has 0 spiro atoms. The summed E-state index contributed by atoms with van der Waals surface area (Å²) in [7, 11) is -3.12. The highest BCUT2D eigenvalue weighted by Gasteiger charge is 2.34. The van der Waals surface area contributed by atoms with Crippen LogP contribution in [-0.4, -0.2) is 29.7 Å². The molecule has 1 aromatic heterocycles. The van der Waals surface area contributed by atoms with Gasteiger partial charge < -0.3 is 0 Å². The van der Waals surface area contributed by atoms with Gasteiger partial charge in [-0.2, -0.15) is 0 Å². The number of hydrogen-bond acceptors (Lipinski definition) is 4. The maximum absolute atomic E-state index is 13.3. The topological polar surface area (TPSA) is 64.1 Å². The van der Waals surface area contributed by atoms with E-state index in [0.717, 1.165) is 53.1 Å². The Morgan fingerprint density at radius 1 is 0.903 bits per heavy atom. The third-order valence-corrected chi connectivity index (χ3v) is 9.52. The van der Waals surface area contributed by atoms with E-state index in [1.54, 1.807) is 20.8 Å². The van der Waals surface area contributed by atoms with Crippen LogP contribution in [0, 0.1) is 11.8 Å². The van der Waals surface area contributed by atoms with Gasteiger partial charge in [-0.05, 0) is 70.1 Å². The number of fused-ring (bicyclic) bond motifs is 2. The van der Waals surface area contributed by atoms with Gasteiger partial charge in [0.15, 0.2) is 9.84 Å². The second-order valence-electron chi connectivity index (χ2n) is 9.88. The lowest BCUT2D eigenvalue weighted by molar-refractivity contribution is -0.123. The molecule has 4 rings (SSSR count). The molecule has 164 valence electrons. The molecule has 3 aromatic rings. The molecule has 0 N–H and O–H groups in total. The Labute approximate surface area is 185 Å². The lowest BCUT2D eigenvalue weighted by Gasteiger charge is -2.30. The van der Waals surface area contributed by atoms with Crippen molar-refractivity contribution in [2.45, 2.75) is 57.6 Å². The zero-order valence-electron chi connectivity index (χ0n) is 18.6. The SMILES string of the molecule is CC(C)(C)S(=O)(=O)CC1CCC(C(=O)Cc2c3ccccc3nc3ccccc23)CC1. The molecule has 0 atom stereocenters. The molecule has 1 aliphatic carbocycles. The highest BCUT2D eigenvalue weighted by Crippen LogP contribution is 2.34. The number of sulfone groups is 1. The number of carbonyl (C=O) groups is 1. The minimum Gasteiger partial charge on any atom is -0.299 e. The van der Waals surface area contributed by atoms with Crippen LogP contribution in [0.2, 0.25) is 0 Å². The van der Waals surface area contributed by atoms with Gasteiger partial charge in [0.05, 0.1) is 21.5 Å². The standard InChI is InChI=1S/C26H31NO3S/c1-26(2,3)31(29,30)17-18-12-14-19(15-13-18)25(28)16-22-20-8-4-6-10-23(20)27-24-11-7-5-9-21(22)24/h4-11,18-19H,12-17H2,1-3H3. The highest BCUT2D eigenvalue weighted by atomic mass is 32.2. The molecule has 1 heterocycles. The Kier molecular flexibility index (Phi) is 5.91. The molecule has 1 saturated carbocycles. The zero-order chi connectivity index (χ0) is 22.2. The monoisotopic (exact) mass is 437 g/mol. The molecular weight excluding hydrogens is 406 g/mol. The fraction of sp³-hybridized carbons (Fsp3) is 0.462. The summed E-state index contributed by atoms with van der Waals surface area (Å²) in [6.45, 7) is 5.29. The lowest BCUT2D eigenvalue weighted by Crippen LogP contribution is -2.35. The van der Waals surface area contributed by atoms with Crippen molar-refractivity contribution in [3.63, 3.8) is 0 Å². The van der Waals surface area contributed by atoms with E-state index < -0.39 is 14.6 Å². The van der Waals surface area contributed by atoms with Gasteiger partial charge in [-0.1, -0.05) is 36.4 Å². The Bertz CT molecular complexity index is 1160. The lowest BCUT2D eigenvalue weighted by atomic mass is 9.79. The van der Waals surface area contributed by atoms with E-state index in [2.05, 4.69) is 0 Å². The molecular formula is C26H31NO3S. The van der Waals surface area contributed by atoms with Crippen molar-refractivity contribution in [1.29, 1.82) is 0 Å². The Balaban J connectivity index is 1.50. The maximum Gasteiger partial charge on any atom is 0.155 e. The second kappa shape index (κ2) is 8.34. The van der Waals surface area contributed by atoms with Crippen LogP contribution in [0.25, 0.3) is 21.8 Å². The molecule has 0 amide bonds. The molecule has 0 radical (unpaired) electrons. The predicted octanol–water partition coefficient (Wildman–Crippen LogP) is 5.52. The average Bonchev–Trinajstić information content (AvgIpc) is 2.73. The van der Waals surface area contributed by atoms with E-state index >= 15 is 0 Å². The molecule has 5 heteroatoms. The minimum absolute atomic E-state index is 0.0132. The first kappa shape index (κ1) is 21.9. The molecule has 0 unspecified atom stereocenters. The number of Topliss-reactive ketones (excluding diaryl/α,β-unsaturated/α-hetero) is 1. The van der Waals surface area contributed by atoms with Gasteiger partial charge in [0.1, 0.15) is 5.78 Å². The van der Waals surface area contributed by atoms with Crippen LogP contribution >= 0.6 is 0 Å². The van der Waals surface area contributed by atoms with Crippen LogP contribution in [-0.2, 0) is 21.1 Å². The Hall–Kier alpha value is -2.27. The van der Waals surface area contributed by atoms with Crippen LogP contribution in [0.15, 0.2) is 48.5 Å². The van der Waals surface area contributed by atoms with Gasteiger partial charge in [-0.15, -0.1) is 0 Å². The van der Waals surface area contributed by atoms with Crippen molar-refractivity contribution in [3.8, 4) is 0 Å². The number of para-hydroxylation sites is 2. The molecule has 0 bridgehead atoms. The second-order valence-corrected chi connectivity index (χ2v) is 12.7. The van der Waals surface area contributed by atoms with Crippen LogP contribution in [0.5, 0.6) is 0 Å². The normalized spacial score (nSPS) is 20.2. The summed E-state index contributed by atoms with van der Waals surface area (Å²) < 4.78 is 24.4. The van der Waals surface area contributed by atoms with Crippen LogP contribution in [0.1, 0.15) is 52.0 Å². The first-order valence-corrected chi connectivity index (χ1v) is 12.8. The largest absolute Gasteiger partial charge is 0.299 e. The average molecular weight is 438 g/mol. The van der Waals surface area contributed by atoms with Crippen molar-refractivity contribution in [1.82, 2.24) is 4.98 Å². The van der Waals surface area contributed by atoms with Gasteiger partial charge in [-0.25, -0.2) is 13.4 Å². The van der Waals surface area contributed by atoms with E-state index in [9.17, 15) is 13.2 Å². The summed E-state index contributed by atoms with van der Waals surface area (Å²) in [6.07, 6.45) is 3.58.